The third-order valence-corrected chi connectivity index (χ3v) is 4.23. The van der Waals surface area contributed by atoms with Crippen molar-refractivity contribution in [2.45, 2.75) is 13.5 Å². The zero-order chi connectivity index (χ0) is 21.1. The number of carbonyl (C=O) groups is 2. The second-order valence-corrected chi connectivity index (χ2v) is 6.19. The summed E-state index contributed by atoms with van der Waals surface area (Å²) < 4.78 is 6.16. The van der Waals surface area contributed by atoms with Gasteiger partial charge in [-0.15, -0.1) is 5.10 Å². The number of aromatic carboxylic acids is 1. The molecule has 148 valence electrons. The highest BCUT2D eigenvalue weighted by molar-refractivity contribution is 6.14. The number of hydrogen-bond donors (Lipinski definition) is 0. The summed E-state index contributed by atoms with van der Waals surface area (Å²) in [7, 11) is 1.52. The van der Waals surface area contributed by atoms with E-state index in [0.29, 0.717) is 16.9 Å². The molecule has 0 amide bonds. The van der Waals surface area contributed by atoms with Gasteiger partial charge in [0.05, 0.1) is 24.5 Å². The van der Waals surface area contributed by atoms with E-state index >= 15 is 0 Å². The van der Waals surface area contributed by atoms with E-state index in [4.69, 9.17) is 4.74 Å². The lowest BCUT2D eigenvalue weighted by Crippen LogP contribution is -2.26. The molecule has 3 aromatic rings. The van der Waals surface area contributed by atoms with Crippen molar-refractivity contribution in [3.63, 3.8) is 0 Å². The van der Waals surface area contributed by atoms with Crippen LogP contribution in [0.25, 0.3) is 0 Å². The Balaban J connectivity index is 2.08. The molecular formula is C19H15N4O6-. The summed E-state index contributed by atoms with van der Waals surface area (Å²) in [6.07, 6.45) is 0. The van der Waals surface area contributed by atoms with Gasteiger partial charge < -0.3 is 14.6 Å². The van der Waals surface area contributed by atoms with Crippen molar-refractivity contribution in [3.05, 3.63) is 80.7 Å². The van der Waals surface area contributed by atoms with Crippen LogP contribution in [0.15, 0.2) is 42.5 Å². The van der Waals surface area contributed by atoms with Gasteiger partial charge in [-0.05, 0) is 36.2 Å². The van der Waals surface area contributed by atoms with Gasteiger partial charge in [0.25, 0.3) is 5.69 Å². The van der Waals surface area contributed by atoms with Crippen LogP contribution in [0.4, 0.5) is 5.69 Å². The van der Waals surface area contributed by atoms with E-state index < -0.39 is 33.8 Å². The monoisotopic (exact) mass is 395 g/mol. The molecule has 0 aliphatic rings. The average Bonchev–Trinajstić information content (AvgIpc) is 3.11. The number of nitrogens with zero attached hydrogens (tertiary/aromatic N) is 4. The maximum atomic E-state index is 13.1. The fourth-order valence-corrected chi connectivity index (χ4v) is 2.80. The molecule has 0 saturated carbocycles. The van der Waals surface area contributed by atoms with Crippen molar-refractivity contribution < 1.29 is 24.4 Å². The number of carboxylic acid groups (broad SMARTS) is 1. The van der Waals surface area contributed by atoms with Crippen molar-refractivity contribution in [1.82, 2.24) is 15.0 Å². The minimum absolute atomic E-state index is 0.0189. The Morgan fingerprint density at radius 2 is 1.86 bits per heavy atom. The van der Waals surface area contributed by atoms with Crippen molar-refractivity contribution >= 4 is 17.4 Å². The predicted molar refractivity (Wildman–Crippen MR) is 97.7 cm³/mol. The number of benzene rings is 2. The molecule has 29 heavy (non-hydrogen) atoms. The number of rotatable bonds is 7. The number of ketones is 1. The Bertz CT molecular complexity index is 1100. The second kappa shape index (κ2) is 7.89. The fraction of sp³-hybridized carbons (Fsp3) is 0.158. The van der Waals surface area contributed by atoms with Gasteiger partial charge in [0.15, 0.2) is 0 Å². The molecule has 1 aromatic heterocycles. The molecule has 0 bridgehead atoms. The molecule has 0 spiro atoms. The summed E-state index contributed by atoms with van der Waals surface area (Å²) >= 11 is 0. The Labute approximate surface area is 164 Å². The van der Waals surface area contributed by atoms with Gasteiger partial charge in [0.1, 0.15) is 22.7 Å². The van der Waals surface area contributed by atoms with E-state index in [9.17, 15) is 24.8 Å². The highest BCUT2D eigenvalue weighted by Crippen LogP contribution is 2.24. The number of nitro groups is 1. The van der Waals surface area contributed by atoms with Gasteiger partial charge in [0, 0.05) is 6.07 Å². The van der Waals surface area contributed by atoms with Gasteiger partial charge in [-0.3, -0.25) is 14.9 Å². The molecule has 0 fully saturated rings. The number of nitro benzene ring substituents is 1. The van der Waals surface area contributed by atoms with E-state index in [1.165, 1.54) is 25.3 Å². The van der Waals surface area contributed by atoms with Crippen LogP contribution in [-0.4, -0.2) is 38.8 Å². The molecule has 10 heteroatoms. The molecule has 1 heterocycles. The first kappa shape index (κ1) is 19.7. The number of hydrogen-bond acceptors (Lipinski definition) is 8. The predicted octanol–water partition coefficient (Wildman–Crippen LogP) is 1.15. The molecule has 0 N–H and O–H groups in total. The average molecular weight is 395 g/mol. The number of aromatic nitrogens is 3. The lowest BCUT2D eigenvalue weighted by Gasteiger charge is -2.09. The quantitative estimate of drug-likeness (QED) is 0.329. The zero-order valence-corrected chi connectivity index (χ0v) is 15.5. The van der Waals surface area contributed by atoms with Crippen LogP contribution in [0.1, 0.15) is 37.7 Å². The molecule has 3 rings (SSSR count). The number of aryl methyl sites for hydroxylation is 1. The zero-order valence-electron chi connectivity index (χ0n) is 15.5. The number of ether oxygens (including phenoxy) is 1. The summed E-state index contributed by atoms with van der Waals surface area (Å²) in [6.45, 7) is 1.66. The second-order valence-electron chi connectivity index (χ2n) is 6.19. The van der Waals surface area contributed by atoms with Crippen LogP contribution < -0.4 is 9.84 Å². The van der Waals surface area contributed by atoms with Gasteiger partial charge in [-0.1, -0.05) is 23.4 Å². The lowest BCUT2D eigenvalue weighted by atomic mass is 10.0. The smallest absolute Gasteiger partial charge is 0.280 e. The van der Waals surface area contributed by atoms with Crippen LogP contribution >= 0.6 is 0 Å². The molecule has 0 aliphatic heterocycles. The first-order valence-corrected chi connectivity index (χ1v) is 8.39. The van der Waals surface area contributed by atoms with Crippen LogP contribution in [0.2, 0.25) is 0 Å². The summed E-state index contributed by atoms with van der Waals surface area (Å²) in [5, 5.41) is 30.1. The van der Waals surface area contributed by atoms with Gasteiger partial charge >= 0.3 is 0 Å². The Morgan fingerprint density at radius 1 is 1.17 bits per heavy atom. The third-order valence-electron chi connectivity index (χ3n) is 4.23. The van der Waals surface area contributed by atoms with Gasteiger partial charge in [-0.25, -0.2) is 4.68 Å². The van der Waals surface area contributed by atoms with E-state index in [0.717, 1.165) is 4.68 Å². The number of carbonyl (C=O) groups excluding carboxylic acids is 2. The lowest BCUT2D eigenvalue weighted by molar-refractivity contribution is -0.385. The minimum Gasteiger partial charge on any atom is -0.543 e. The van der Waals surface area contributed by atoms with Crippen molar-refractivity contribution in [2.75, 3.05) is 7.11 Å². The Morgan fingerprint density at radius 3 is 2.45 bits per heavy atom. The largest absolute Gasteiger partial charge is 0.543 e. The standard InChI is InChI=1S/C19H16N4O6/c1-11-3-8-14(15(9-11)23(27)28)18(24)17-16(19(25)26)20-21-22(17)10-12-4-6-13(29-2)7-5-12/h3-9H,10H2,1-2H3,(H,25,26)/p-1. The molecular weight excluding hydrogens is 380 g/mol. The van der Waals surface area contributed by atoms with Crippen LogP contribution in [0, 0.1) is 17.0 Å². The topological polar surface area (TPSA) is 140 Å². The maximum absolute atomic E-state index is 13.1. The summed E-state index contributed by atoms with van der Waals surface area (Å²) in [5.74, 6) is -1.96. The first-order chi connectivity index (χ1) is 13.8. The van der Waals surface area contributed by atoms with E-state index in [-0.39, 0.29) is 12.1 Å². The van der Waals surface area contributed by atoms with E-state index in [2.05, 4.69) is 10.3 Å². The molecule has 0 aliphatic carbocycles. The molecule has 0 unspecified atom stereocenters. The third kappa shape index (κ3) is 3.95. The van der Waals surface area contributed by atoms with Gasteiger partial charge in [0.2, 0.25) is 5.78 Å². The van der Waals surface area contributed by atoms with Crippen molar-refractivity contribution in [1.29, 1.82) is 0 Å². The highest BCUT2D eigenvalue weighted by atomic mass is 16.6. The summed E-state index contributed by atoms with van der Waals surface area (Å²) in [5.41, 5.74) is -0.504. The van der Waals surface area contributed by atoms with E-state index in [1.54, 1.807) is 31.2 Å². The van der Waals surface area contributed by atoms with Crippen LogP contribution in [0.3, 0.4) is 0 Å². The van der Waals surface area contributed by atoms with Crippen molar-refractivity contribution in [2.24, 2.45) is 0 Å². The summed E-state index contributed by atoms with van der Waals surface area (Å²) in [4.78, 5) is 35.2. The molecule has 2 aromatic carbocycles. The molecule has 0 atom stereocenters. The number of carboxylic acids is 1. The SMILES string of the molecule is COc1ccc(Cn2nnc(C(=O)[O-])c2C(=O)c2ccc(C)cc2[N+](=O)[O-])cc1. The van der Waals surface area contributed by atoms with Gasteiger partial charge in [-0.2, -0.15) is 0 Å². The minimum atomic E-state index is -1.70. The van der Waals surface area contributed by atoms with Crippen molar-refractivity contribution in [3.8, 4) is 5.75 Å². The highest BCUT2D eigenvalue weighted by Gasteiger charge is 2.28. The molecule has 0 saturated heterocycles. The Kier molecular flexibility index (Phi) is 5.35. The van der Waals surface area contributed by atoms with E-state index in [1.807, 2.05) is 0 Å². The first-order valence-electron chi connectivity index (χ1n) is 8.39. The Hall–Kier alpha value is -4.08. The normalized spacial score (nSPS) is 10.6. The number of methoxy groups -OCH3 is 1. The molecule has 0 radical (unpaired) electrons. The van der Waals surface area contributed by atoms with Crippen LogP contribution in [0.5, 0.6) is 5.75 Å². The van der Waals surface area contributed by atoms with Crippen LogP contribution in [-0.2, 0) is 6.54 Å². The molecule has 10 nitrogen and oxygen atoms in total. The maximum Gasteiger partial charge on any atom is 0.280 e. The fourth-order valence-electron chi connectivity index (χ4n) is 2.80. The summed E-state index contributed by atoms with van der Waals surface area (Å²) in [6, 6.07) is 10.8.